The van der Waals surface area contributed by atoms with Gasteiger partial charge in [0, 0.05) is 12.7 Å². The van der Waals surface area contributed by atoms with Gasteiger partial charge in [0.05, 0.1) is 22.5 Å². The number of fused-ring (bicyclic) bond motifs is 1. The molecule has 0 aliphatic rings. The summed E-state index contributed by atoms with van der Waals surface area (Å²) in [6.45, 7) is 3.14. The van der Waals surface area contributed by atoms with E-state index in [1.54, 1.807) is 11.3 Å². The lowest BCUT2D eigenvalue weighted by molar-refractivity contribution is 0.584. The Labute approximate surface area is 128 Å². The molecule has 0 radical (unpaired) electrons. The van der Waals surface area contributed by atoms with Crippen LogP contribution in [-0.2, 0) is 13.0 Å². The maximum absolute atomic E-state index is 4.75. The third-order valence-electron chi connectivity index (χ3n) is 3.54. The quantitative estimate of drug-likeness (QED) is 0.758. The Morgan fingerprint density at radius 2 is 2.19 bits per heavy atom. The normalized spacial score (nSPS) is 12.9. The minimum atomic E-state index is 0.238. The van der Waals surface area contributed by atoms with Gasteiger partial charge in [0.15, 0.2) is 0 Å². The van der Waals surface area contributed by atoms with Crippen LogP contribution in [0.1, 0.15) is 30.0 Å². The largest absolute Gasteiger partial charge is 0.311 e. The molecule has 1 unspecified atom stereocenters. The van der Waals surface area contributed by atoms with Gasteiger partial charge in [-0.25, -0.2) is 4.98 Å². The molecule has 1 N–H and O–H groups in total. The first-order chi connectivity index (χ1) is 10.3. The molecule has 21 heavy (non-hydrogen) atoms. The molecule has 2 aromatic heterocycles. The molecule has 0 spiro atoms. The van der Waals surface area contributed by atoms with Gasteiger partial charge in [-0.3, -0.25) is 4.68 Å². The second-order valence-corrected chi connectivity index (χ2v) is 6.24. The van der Waals surface area contributed by atoms with E-state index in [1.165, 1.54) is 10.3 Å². The van der Waals surface area contributed by atoms with Gasteiger partial charge >= 0.3 is 0 Å². The van der Waals surface area contributed by atoms with Crippen molar-refractivity contribution in [2.24, 2.45) is 0 Å². The van der Waals surface area contributed by atoms with Crippen molar-refractivity contribution in [3.05, 3.63) is 47.2 Å². The van der Waals surface area contributed by atoms with E-state index in [1.807, 2.05) is 24.0 Å². The van der Waals surface area contributed by atoms with Crippen LogP contribution in [-0.4, -0.2) is 21.8 Å². The molecular weight excluding hydrogens is 280 g/mol. The number of aromatic nitrogens is 3. The number of thiazole rings is 1. The third kappa shape index (κ3) is 3.14. The Hall–Kier alpha value is -1.72. The van der Waals surface area contributed by atoms with Crippen LogP contribution in [0.3, 0.4) is 0 Å². The summed E-state index contributed by atoms with van der Waals surface area (Å²) < 4.78 is 3.26. The molecule has 0 saturated heterocycles. The minimum Gasteiger partial charge on any atom is -0.311 e. The van der Waals surface area contributed by atoms with E-state index in [0.29, 0.717) is 0 Å². The molecule has 1 aromatic carbocycles. The van der Waals surface area contributed by atoms with Crippen LogP contribution >= 0.6 is 11.3 Å². The van der Waals surface area contributed by atoms with Crippen LogP contribution in [0.25, 0.3) is 10.2 Å². The number of likely N-dealkylation sites (N-methyl/N-ethyl adjacent to an activating group) is 1. The van der Waals surface area contributed by atoms with Crippen LogP contribution in [0.15, 0.2) is 36.7 Å². The molecule has 110 valence electrons. The molecule has 0 saturated carbocycles. The van der Waals surface area contributed by atoms with Crippen molar-refractivity contribution < 1.29 is 0 Å². The molecule has 0 aliphatic carbocycles. The Morgan fingerprint density at radius 3 is 2.95 bits per heavy atom. The number of para-hydroxylation sites is 1. The van der Waals surface area contributed by atoms with Gasteiger partial charge in [0.1, 0.15) is 5.01 Å². The number of rotatable bonds is 6. The maximum Gasteiger partial charge on any atom is 0.111 e. The highest BCUT2D eigenvalue weighted by atomic mass is 32.1. The zero-order chi connectivity index (χ0) is 14.7. The van der Waals surface area contributed by atoms with Crippen LogP contribution in [0.2, 0.25) is 0 Å². The fraction of sp³-hybridized carbons (Fsp3) is 0.375. The zero-order valence-electron chi connectivity index (χ0n) is 12.4. The molecule has 0 fully saturated rings. The first-order valence-corrected chi connectivity index (χ1v) is 8.16. The lowest BCUT2D eigenvalue weighted by Gasteiger charge is -2.11. The molecular formula is C16H20N4S. The van der Waals surface area contributed by atoms with Crippen LogP contribution < -0.4 is 5.32 Å². The summed E-state index contributed by atoms with van der Waals surface area (Å²) in [6, 6.07) is 8.54. The van der Waals surface area contributed by atoms with Gasteiger partial charge < -0.3 is 5.32 Å². The number of benzene rings is 1. The Balaban J connectivity index is 1.80. The van der Waals surface area contributed by atoms with Crippen molar-refractivity contribution in [2.45, 2.75) is 32.4 Å². The molecule has 5 heteroatoms. The summed E-state index contributed by atoms with van der Waals surface area (Å²) >= 11 is 1.77. The SMILES string of the molecule is CCCn1cc(CC(NC)c2nc3ccccc3s2)cn1. The highest BCUT2D eigenvalue weighted by Gasteiger charge is 2.16. The topological polar surface area (TPSA) is 42.7 Å². The molecule has 2 heterocycles. The fourth-order valence-corrected chi connectivity index (χ4v) is 3.53. The summed E-state index contributed by atoms with van der Waals surface area (Å²) in [6.07, 6.45) is 6.13. The third-order valence-corrected chi connectivity index (χ3v) is 4.69. The second-order valence-electron chi connectivity index (χ2n) is 5.18. The zero-order valence-corrected chi connectivity index (χ0v) is 13.2. The average Bonchev–Trinajstić information content (AvgIpc) is 3.11. The van der Waals surface area contributed by atoms with E-state index in [0.717, 1.165) is 29.9 Å². The smallest absolute Gasteiger partial charge is 0.111 e. The van der Waals surface area contributed by atoms with E-state index < -0.39 is 0 Å². The van der Waals surface area contributed by atoms with Crippen molar-refractivity contribution in [2.75, 3.05) is 7.05 Å². The standard InChI is InChI=1S/C16H20N4S/c1-3-8-20-11-12(10-18-20)9-14(17-2)16-19-13-6-4-5-7-15(13)21-16/h4-7,10-11,14,17H,3,8-9H2,1-2H3. The fourth-order valence-electron chi connectivity index (χ4n) is 2.45. The number of hydrogen-bond donors (Lipinski definition) is 1. The Bertz CT molecular complexity index is 683. The van der Waals surface area contributed by atoms with E-state index in [-0.39, 0.29) is 6.04 Å². The molecule has 0 amide bonds. The highest BCUT2D eigenvalue weighted by Crippen LogP contribution is 2.27. The van der Waals surface area contributed by atoms with Crippen molar-refractivity contribution in [3.8, 4) is 0 Å². The van der Waals surface area contributed by atoms with E-state index >= 15 is 0 Å². The molecule has 0 aliphatic heterocycles. The van der Waals surface area contributed by atoms with E-state index in [9.17, 15) is 0 Å². The molecule has 4 nitrogen and oxygen atoms in total. The highest BCUT2D eigenvalue weighted by molar-refractivity contribution is 7.18. The summed E-state index contributed by atoms with van der Waals surface area (Å²) in [5.41, 5.74) is 2.33. The van der Waals surface area contributed by atoms with Crippen LogP contribution in [0.5, 0.6) is 0 Å². The van der Waals surface area contributed by atoms with E-state index in [2.05, 4.69) is 41.7 Å². The monoisotopic (exact) mass is 300 g/mol. The minimum absolute atomic E-state index is 0.238. The average molecular weight is 300 g/mol. The number of hydrogen-bond acceptors (Lipinski definition) is 4. The lowest BCUT2D eigenvalue weighted by Crippen LogP contribution is -2.18. The van der Waals surface area contributed by atoms with Crippen molar-refractivity contribution in [3.63, 3.8) is 0 Å². The summed E-state index contributed by atoms with van der Waals surface area (Å²) in [5.74, 6) is 0. The number of nitrogens with one attached hydrogen (secondary N) is 1. The van der Waals surface area contributed by atoms with Gasteiger partial charge in [-0.05, 0) is 37.6 Å². The van der Waals surface area contributed by atoms with Crippen molar-refractivity contribution >= 4 is 21.6 Å². The molecule has 0 bridgehead atoms. The summed E-state index contributed by atoms with van der Waals surface area (Å²) in [5, 5.41) is 8.92. The van der Waals surface area contributed by atoms with Gasteiger partial charge in [-0.1, -0.05) is 19.1 Å². The Morgan fingerprint density at radius 1 is 1.33 bits per heavy atom. The molecule has 3 rings (SSSR count). The van der Waals surface area contributed by atoms with Crippen LogP contribution in [0.4, 0.5) is 0 Å². The molecule has 3 aromatic rings. The van der Waals surface area contributed by atoms with Gasteiger partial charge in [0.25, 0.3) is 0 Å². The van der Waals surface area contributed by atoms with Crippen molar-refractivity contribution in [1.29, 1.82) is 0 Å². The Kier molecular flexibility index (Phi) is 4.31. The summed E-state index contributed by atoms with van der Waals surface area (Å²) in [7, 11) is 1.99. The second kappa shape index (κ2) is 6.37. The molecule has 1 atom stereocenters. The van der Waals surface area contributed by atoms with Gasteiger partial charge in [-0.15, -0.1) is 11.3 Å². The van der Waals surface area contributed by atoms with Gasteiger partial charge in [0.2, 0.25) is 0 Å². The number of aryl methyl sites for hydroxylation is 1. The predicted molar refractivity (Wildman–Crippen MR) is 87.6 cm³/mol. The predicted octanol–water partition coefficient (Wildman–Crippen LogP) is 3.41. The van der Waals surface area contributed by atoms with Crippen LogP contribution in [0, 0.1) is 0 Å². The summed E-state index contributed by atoms with van der Waals surface area (Å²) in [4.78, 5) is 4.75. The first-order valence-electron chi connectivity index (χ1n) is 7.34. The van der Waals surface area contributed by atoms with Crippen molar-refractivity contribution in [1.82, 2.24) is 20.1 Å². The maximum atomic E-state index is 4.75. The lowest BCUT2D eigenvalue weighted by atomic mass is 10.1. The number of nitrogens with zero attached hydrogens (tertiary/aromatic N) is 3. The van der Waals surface area contributed by atoms with E-state index in [4.69, 9.17) is 4.98 Å². The first kappa shape index (κ1) is 14.2. The van der Waals surface area contributed by atoms with Gasteiger partial charge in [-0.2, -0.15) is 5.10 Å².